The van der Waals surface area contributed by atoms with Crippen molar-refractivity contribution in [2.75, 3.05) is 7.11 Å². The lowest BCUT2D eigenvalue weighted by Crippen LogP contribution is -2.01. The maximum atomic E-state index is 6.18. The standard InChI is InChI=1S/C18H18ClN5OS/c1-3-24-17(12-6-4-5-7-13(12)25-2)22-23-18(24)26-15-10-14(19)20-16(21-15)11-8-9-11/h4-7,10-11H,3,8-9H2,1-2H3. The molecule has 0 atom stereocenters. The van der Waals surface area contributed by atoms with Gasteiger partial charge < -0.3 is 9.30 Å². The summed E-state index contributed by atoms with van der Waals surface area (Å²) >= 11 is 7.63. The molecule has 0 unspecified atom stereocenters. The molecule has 0 bridgehead atoms. The lowest BCUT2D eigenvalue weighted by Gasteiger charge is -2.10. The van der Waals surface area contributed by atoms with Crippen molar-refractivity contribution in [1.82, 2.24) is 24.7 Å². The first-order valence-electron chi connectivity index (χ1n) is 8.48. The number of benzene rings is 1. The Labute approximate surface area is 161 Å². The van der Waals surface area contributed by atoms with Gasteiger partial charge in [0.1, 0.15) is 21.8 Å². The highest BCUT2D eigenvalue weighted by atomic mass is 35.5. The van der Waals surface area contributed by atoms with E-state index in [4.69, 9.17) is 16.3 Å². The third-order valence-electron chi connectivity index (χ3n) is 4.21. The fourth-order valence-electron chi connectivity index (χ4n) is 2.76. The molecule has 2 heterocycles. The van der Waals surface area contributed by atoms with E-state index in [1.165, 1.54) is 11.8 Å². The molecule has 0 aliphatic heterocycles. The van der Waals surface area contributed by atoms with Crippen LogP contribution in [0.5, 0.6) is 5.75 Å². The van der Waals surface area contributed by atoms with Crippen LogP contribution in [0.3, 0.4) is 0 Å². The molecule has 0 radical (unpaired) electrons. The normalized spacial score (nSPS) is 13.8. The second kappa shape index (κ2) is 7.25. The molecule has 6 nitrogen and oxygen atoms in total. The highest BCUT2D eigenvalue weighted by Crippen LogP contribution is 2.40. The lowest BCUT2D eigenvalue weighted by atomic mass is 10.2. The average molecular weight is 388 g/mol. The van der Waals surface area contributed by atoms with E-state index in [9.17, 15) is 0 Å². The molecule has 2 aromatic heterocycles. The number of methoxy groups -OCH3 is 1. The molecule has 134 valence electrons. The Bertz CT molecular complexity index is 941. The number of hydrogen-bond donors (Lipinski definition) is 0. The summed E-state index contributed by atoms with van der Waals surface area (Å²) in [6, 6.07) is 9.58. The summed E-state index contributed by atoms with van der Waals surface area (Å²) in [6.45, 7) is 2.80. The van der Waals surface area contributed by atoms with E-state index in [0.29, 0.717) is 11.1 Å². The molecule has 0 amide bonds. The summed E-state index contributed by atoms with van der Waals surface area (Å²) in [4.78, 5) is 8.98. The molecule has 26 heavy (non-hydrogen) atoms. The third-order valence-corrected chi connectivity index (χ3v) is 5.30. The van der Waals surface area contributed by atoms with Gasteiger partial charge in [-0.1, -0.05) is 23.7 Å². The molecule has 3 aromatic rings. The monoisotopic (exact) mass is 387 g/mol. The smallest absolute Gasteiger partial charge is 0.197 e. The Hall–Kier alpha value is -2.12. The van der Waals surface area contributed by atoms with Gasteiger partial charge in [0, 0.05) is 18.5 Å². The van der Waals surface area contributed by atoms with Crippen LogP contribution in [-0.2, 0) is 6.54 Å². The van der Waals surface area contributed by atoms with Crippen LogP contribution in [0.4, 0.5) is 0 Å². The van der Waals surface area contributed by atoms with Crippen LogP contribution in [0.1, 0.15) is 31.5 Å². The van der Waals surface area contributed by atoms with Gasteiger partial charge in [-0.25, -0.2) is 9.97 Å². The highest BCUT2D eigenvalue weighted by Gasteiger charge is 2.27. The molecule has 1 saturated carbocycles. The number of nitrogens with zero attached hydrogens (tertiary/aromatic N) is 5. The van der Waals surface area contributed by atoms with E-state index in [1.807, 2.05) is 24.3 Å². The van der Waals surface area contributed by atoms with Crippen molar-refractivity contribution in [3.05, 3.63) is 41.3 Å². The van der Waals surface area contributed by atoms with Gasteiger partial charge in [-0.15, -0.1) is 10.2 Å². The van der Waals surface area contributed by atoms with Crippen LogP contribution < -0.4 is 4.74 Å². The summed E-state index contributed by atoms with van der Waals surface area (Å²) in [5.41, 5.74) is 0.913. The summed E-state index contributed by atoms with van der Waals surface area (Å²) in [5, 5.41) is 10.8. The summed E-state index contributed by atoms with van der Waals surface area (Å²) < 4.78 is 7.52. The SMILES string of the molecule is CCn1c(Sc2cc(Cl)nc(C3CC3)n2)nnc1-c1ccccc1OC. The van der Waals surface area contributed by atoms with Crippen molar-refractivity contribution in [2.24, 2.45) is 0 Å². The number of para-hydroxylation sites is 1. The molecule has 4 rings (SSSR count). The molecule has 1 fully saturated rings. The first kappa shape index (κ1) is 17.3. The Morgan fingerprint density at radius 1 is 1.23 bits per heavy atom. The number of rotatable bonds is 6. The van der Waals surface area contributed by atoms with E-state index >= 15 is 0 Å². The van der Waals surface area contributed by atoms with Crippen LogP contribution in [0, 0.1) is 0 Å². The summed E-state index contributed by atoms with van der Waals surface area (Å²) in [6.07, 6.45) is 2.26. The lowest BCUT2D eigenvalue weighted by molar-refractivity contribution is 0.416. The molecule has 0 spiro atoms. The van der Waals surface area contributed by atoms with Crippen LogP contribution in [0.2, 0.25) is 5.15 Å². The average Bonchev–Trinajstić information content (AvgIpc) is 3.43. The van der Waals surface area contributed by atoms with Gasteiger partial charge in [0.2, 0.25) is 0 Å². The van der Waals surface area contributed by atoms with E-state index in [1.54, 1.807) is 13.2 Å². The first-order valence-corrected chi connectivity index (χ1v) is 9.68. The van der Waals surface area contributed by atoms with Gasteiger partial charge in [-0.05, 0) is 43.7 Å². The Morgan fingerprint density at radius 2 is 2.04 bits per heavy atom. The van der Waals surface area contributed by atoms with Crippen molar-refractivity contribution in [2.45, 2.75) is 42.4 Å². The van der Waals surface area contributed by atoms with Gasteiger partial charge in [0.15, 0.2) is 11.0 Å². The van der Waals surface area contributed by atoms with E-state index in [0.717, 1.165) is 52.5 Å². The molecule has 0 saturated heterocycles. The van der Waals surface area contributed by atoms with Crippen LogP contribution in [0.15, 0.2) is 40.5 Å². The first-order chi connectivity index (χ1) is 12.7. The maximum absolute atomic E-state index is 6.18. The Balaban J connectivity index is 1.69. The predicted octanol–water partition coefficient (Wildman–Crippen LogP) is 4.45. The van der Waals surface area contributed by atoms with Crippen molar-refractivity contribution in [3.63, 3.8) is 0 Å². The third kappa shape index (κ3) is 3.41. The van der Waals surface area contributed by atoms with E-state index < -0.39 is 0 Å². The maximum Gasteiger partial charge on any atom is 0.197 e. The molecule has 1 aromatic carbocycles. The highest BCUT2D eigenvalue weighted by molar-refractivity contribution is 7.99. The molecule has 0 N–H and O–H groups in total. The summed E-state index contributed by atoms with van der Waals surface area (Å²) in [5.74, 6) is 2.82. The zero-order valence-electron chi connectivity index (χ0n) is 14.5. The predicted molar refractivity (Wildman–Crippen MR) is 101 cm³/mol. The van der Waals surface area contributed by atoms with Crippen molar-refractivity contribution >= 4 is 23.4 Å². The topological polar surface area (TPSA) is 65.7 Å². The summed E-state index contributed by atoms with van der Waals surface area (Å²) in [7, 11) is 1.66. The van der Waals surface area contributed by atoms with Gasteiger partial charge >= 0.3 is 0 Å². The minimum absolute atomic E-state index is 0.446. The van der Waals surface area contributed by atoms with E-state index in [2.05, 4.69) is 31.7 Å². The van der Waals surface area contributed by atoms with Crippen molar-refractivity contribution < 1.29 is 4.74 Å². The second-order valence-corrected chi connectivity index (χ2v) is 7.39. The van der Waals surface area contributed by atoms with Gasteiger partial charge in [-0.2, -0.15) is 0 Å². The zero-order chi connectivity index (χ0) is 18.1. The molecule has 1 aliphatic carbocycles. The van der Waals surface area contributed by atoms with Crippen LogP contribution in [0.25, 0.3) is 11.4 Å². The number of halogens is 1. The largest absolute Gasteiger partial charge is 0.496 e. The fourth-order valence-corrected chi connectivity index (χ4v) is 3.92. The molecule has 1 aliphatic rings. The Kier molecular flexibility index (Phi) is 4.82. The van der Waals surface area contributed by atoms with Gasteiger partial charge in [0.05, 0.1) is 12.7 Å². The zero-order valence-corrected chi connectivity index (χ0v) is 16.1. The quantitative estimate of drug-likeness (QED) is 0.582. The number of hydrogen-bond acceptors (Lipinski definition) is 6. The van der Waals surface area contributed by atoms with Crippen LogP contribution >= 0.6 is 23.4 Å². The molecular weight excluding hydrogens is 370 g/mol. The van der Waals surface area contributed by atoms with Gasteiger partial charge in [-0.3, -0.25) is 0 Å². The van der Waals surface area contributed by atoms with Crippen LogP contribution in [-0.4, -0.2) is 31.8 Å². The minimum Gasteiger partial charge on any atom is -0.496 e. The van der Waals surface area contributed by atoms with Gasteiger partial charge in [0.25, 0.3) is 0 Å². The number of ether oxygens (including phenoxy) is 1. The van der Waals surface area contributed by atoms with E-state index in [-0.39, 0.29) is 0 Å². The molecule has 8 heteroatoms. The Morgan fingerprint density at radius 3 is 2.77 bits per heavy atom. The van der Waals surface area contributed by atoms with Crippen molar-refractivity contribution in [1.29, 1.82) is 0 Å². The molecular formula is C18H18ClN5OS. The second-order valence-electron chi connectivity index (χ2n) is 6.01. The minimum atomic E-state index is 0.446. The fraction of sp³-hybridized carbons (Fsp3) is 0.333. The van der Waals surface area contributed by atoms with Crippen molar-refractivity contribution in [3.8, 4) is 17.1 Å². The number of aromatic nitrogens is 5.